The molecule has 0 radical (unpaired) electrons. The number of hydrogen-bond acceptors (Lipinski definition) is 2. The summed E-state index contributed by atoms with van der Waals surface area (Å²) in [5.41, 5.74) is -0.355. The number of benzene rings is 1. The SMILES string of the molecule is C.CC(C)C(=O)C(c1cccc(C(F)(F)F)c1)N(C)C. The van der Waals surface area contributed by atoms with E-state index >= 15 is 0 Å². The van der Waals surface area contributed by atoms with Gasteiger partial charge in [-0.2, -0.15) is 13.2 Å². The van der Waals surface area contributed by atoms with Crippen LogP contribution >= 0.6 is 0 Å². The molecular formula is C15H22F3NO. The Labute approximate surface area is 118 Å². The fourth-order valence-electron chi connectivity index (χ4n) is 1.92. The number of ketones is 1. The number of halogens is 3. The van der Waals surface area contributed by atoms with E-state index in [1.807, 2.05) is 0 Å². The van der Waals surface area contributed by atoms with Crippen LogP contribution in [-0.2, 0) is 11.0 Å². The Morgan fingerprint density at radius 2 is 1.75 bits per heavy atom. The van der Waals surface area contributed by atoms with Gasteiger partial charge in [0.25, 0.3) is 0 Å². The molecule has 1 atom stereocenters. The maximum absolute atomic E-state index is 12.7. The van der Waals surface area contributed by atoms with Gasteiger partial charge in [-0.3, -0.25) is 9.69 Å². The summed E-state index contributed by atoms with van der Waals surface area (Å²) >= 11 is 0. The van der Waals surface area contributed by atoms with Crippen LogP contribution in [0.1, 0.15) is 38.4 Å². The highest BCUT2D eigenvalue weighted by Crippen LogP contribution is 2.32. The molecule has 0 heterocycles. The van der Waals surface area contributed by atoms with Gasteiger partial charge in [-0.1, -0.05) is 33.4 Å². The smallest absolute Gasteiger partial charge is 0.297 e. The summed E-state index contributed by atoms with van der Waals surface area (Å²) < 4.78 is 38.1. The average Bonchev–Trinajstić information content (AvgIpc) is 2.27. The normalized spacial score (nSPS) is 13.2. The molecule has 0 saturated carbocycles. The Morgan fingerprint density at radius 3 is 2.15 bits per heavy atom. The van der Waals surface area contributed by atoms with Gasteiger partial charge in [0.15, 0.2) is 5.78 Å². The molecule has 0 saturated heterocycles. The van der Waals surface area contributed by atoms with Gasteiger partial charge >= 0.3 is 6.18 Å². The van der Waals surface area contributed by atoms with E-state index in [1.54, 1.807) is 38.9 Å². The molecule has 20 heavy (non-hydrogen) atoms. The number of carbonyl (C=O) groups is 1. The molecule has 1 aromatic rings. The molecule has 2 nitrogen and oxygen atoms in total. The van der Waals surface area contributed by atoms with E-state index in [2.05, 4.69) is 0 Å². The first-order chi connectivity index (χ1) is 8.64. The van der Waals surface area contributed by atoms with E-state index in [0.717, 1.165) is 12.1 Å². The van der Waals surface area contributed by atoms with Crippen LogP contribution in [-0.4, -0.2) is 24.8 Å². The predicted octanol–water partition coefficient (Wildman–Crippen LogP) is 4.17. The number of likely N-dealkylation sites (N-methyl/N-ethyl adjacent to an activating group) is 1. The van der Waals surface area contributed by atoms with Gasteiger partial charge in [0, 0.05) is 5.92 Å². The molecule has 0 spiro atoms. The molecule has 114 valence electrons. The summed E-state index contributed by atoms with van der Waals surface area (Å²) in [6.07, 6.45) is -4.40. The van der Waals surface area contributed by atoms with Crippen LogP contribution in [0.5, 0.6) is 0 Å². The van der Waals surface area contributed by atoms with Gasteiger partial charge in [-0.05, 0) is 31.8 Å². The van der Waals surface area contributed by atoms with Crippen LogP contribution in [0.2, 0.25) is 0 Å². The van der Waals surface area contributed by atoms with Crippen molar-refractivity contribution in [2.24, 2.45) is 5.92 Å². The highest BCUT2D eigenvalue weighted by atomic mass is 19.4. The maximum Gasteiger partial charge on any atom is 0.416 e. The monoisotopic (exact) mass is 289 g/mol. The largest absolute Gasteiger partial charge is 0.416 e. The summed E-state index contributed by atoms with van der Waals surface area (Å²) in [6, 6.07) is 4.30. The first-order valence-corrected chi connectivity index (χ1v) is 6.02. The van der Waals surface area contributed by atoms with Crippen molar-refractivity contribution < 1.29 is 18.0 Å². The second kappa shape index (κ2) is 6.88. The number of rotatable bonds is 4. The van der Waals surface area contributed by atoms with Crippen molar-refractivity contribution in [3.63, 3.8) is 0 Å². The number of carbonyl (C=O) groups excluding carboxylic acids is 1. The number of Topliss-reactive ketones (excluding diaryl/α,β-unsaturated/α-hetero) is 1. The van der Waals surface area contributed by atoms with E-state index in [1.165, 1.54) is 6.07 Å². The first kappa shape index (κ1) is 18.6. The van der Waals surface area contributed by atoms with E-state index in [0.29, 0.717) is 5.56 Å². The molecule has 0 aromatic heterocycles. The van der Waals surface area contributed by atoms with Crippen LogP contribution in [0, 0.1) is 5.92 Å². The van der Waals surface area contributed by atoms with Gasteiger partial charge in [0.1, 0.15) is 0 Å². The van der Waals surface area contributed by atoms with Crippen molar-refractivity contribution in [2.45, 2.75) is 33.5 Å². The minimum Gasteiger partial charge on any atom is -0.297 e. The van der Waals surface area contributed by atoms with Gasteiger partial charge in [-0.15, -0.1) is 0 Å². The van der Waals surface area contributed by atoms with Crippen LogP contribution in [0.3, 0.4) is 0 Å². The summed E-state index contributed by atoms with van der Waals surface area (Å²) in [4.78, 5) is 13.8. The zero-order valence-corrected chi connectivity index (χ0v) is 11.5. The summed E-state index contributed by atoms with van der Waals surface area (Å²) in [5.74, 6) is -0.328. The predicted molar refractivity (Wildman–Crippen MR) is 74.4 cm³/mol. The zero-order valence-electron chi connectivity index (χ0n) is 11.5. The lowest BCUT2D eigenvalue weighted by atomic mass is 9.93. The standard InChI is InChI=1S/C14H18F3NO.CH4/c1-9(2)13(19)12(18(3)4)10-6-5-7-11(8-10)14(15,16)17;/h5-9,12H,1-4H3;1H4. The molecule has 0 aliphatic carbocycles. The molecule has 0 amide bonds. The van der Waals surface area contributed by atoms with Crippen molar-refractivity contribution >= 4 is 5.78 Å². The van der Waals surface area contributed by atoms with Crippen molar-refractivity contribution in [1.82, 2.24) is 4.90 Å². The van der Waals surface area contributed by atoms with E-state index < -0.39 is 17.8 Å². The number of alkyl halides is 3. The number of hydrogen-bond donors (Lipinski definition) is 0. The van der Waals surface area contributed by atoms with Crippen LogP contribution < -0.4 is 0 Å². The third kappa shape index (κ3) is 4.34. The van der Waals surface area contributed by atoms with Crippen LogP contribution in [0.15, 0.2) is 24.3 Å². The molecule has 1 rings (SSSR count). The highest BCUT2D eigenvalue weighted by Gasteiger charge is 2.32. The minimum absolute atomic E-state index is 0. The second-order valence-electron chi connectivity index (χ2n) is 5.05. The topological polar surface area (TPSA) is 20.3 Å². The second-order valence-corrected chi connectivity index (χ2v) is 5.05. The third-order valence-corrected chi connectivity index (χ3v) is 2.88. The van der Waals surface area contributed by atoms with Crippen LogP contribution in [0.4, 0.5) is 13.2 Å². The van der Waals surface area contributed by atoms with Gasteiger partial charge in [0.05, 0.1) is 11.6 Å². The lowest BCUT2D eigenvalue weighted by Crippen LogP contribution is -2.30. The molecule has 0 aliphatic heterocycles. The first-order valence-electron chi connectivity index (χ1n) is 6.02. The lowest BCUT2D eigenvalue weighted by Gasteiger charge is -2.25. The molecule has 0 aliphatic rings. The summed E-state index contributed by atoms with van der Waals surface area (Å²) in [6.45, 7) is 3.49. The average molecular weight is 289 g/mol. The number of nitrogens with zero attached hydrogens (tertiary/aromatic N) is 1. The van der Waals surface area contributed by atoms with Crippen molar-refractivity contribution in [1.29, 1.82) is 0 Å². The van der Waals surface area contributed by atoms with E-state index in [4.69, 9.17) is 0 Å². The Balaban J connectivity index is 0.00000361. The third-order valence-electron chi connectivity index (χ3n) is 2.88. The van der Waals surface area contributed by atoms with E-state index in [9.17, 15) is 18.0 Å². The Hall–Kier alpha value is -1.36. The molecular weight excluding hydrogens is 267 g/mol. The molecule has 5 heteroatoms. The van der Waals surface area contributed by atoms with Gasteiger partial charge in [0.2, 0.25) is 0 Å². The molecule has 0 fully saturated rings. The fourth-order valence-corrected chi connectivity index (χ4v) is 1.92. The van der Waals surface area contributed by atoms with Crippen LogP contribution in [0.25, 0.3) is 0 Å². The Morgan fingerprint density at radius 1 is 1.20 bits per heavy atom. The van der Waals surface area contributed by atoms with Crippen molar-refractivity contribution in [3.05, 3.63) is 35.4 Å². The lowest BCUT2D eigenvalue weighted by molar-refractivity contribution is -0.138. The van der Waals surface area contributed by atoms with Crippen molar-refractivity contribution in [2.75, 3.05) is 14.1 Å². The zero-order chi connectivity index (χ0) is 14.8. The summed E-state index contributed by atoms with van der Waals surface area (Å²) in [5, 5.41) is 0. The summed E-state index contributed by atoms with van der Waals surface area (Å²) in [7, 11) is 3.37. The quantitative estimate of drug-likeness (QED) is 0.829. The van der Waals surface area contributed by atoms with Gasteiger partial charge < -0.3 is 0 Å². The van der Waals surface area contributed by atoms with E-state index in [-0.39, 0.29) is 19.1 Å². The van der Waals surface area contributed by atoms with Gasteiger partial charge in [-0.25, -0.2) is 0 Å². The van der Waals surface area contributed by atoms with Crippen molar-refractivity contribution in [3.8, 4) is 0 Å². The molecule has 0 bridgehead atoms. The maximum atomic E-state index is 12.7. The molecule has 0 N–H and O–H groups in total. The molecule has 1 aromatic carbocycles. The Kier molecular flexibility index (Phi) is 6.41. The minimum atomic E-state index is -4.40. The fraction of sp³-hybridized carbons (Fsp3) is 0.533. The molecule has 1 unspecified atom stereocenters. The highest BCUT2D eigenvalue weighted by molar-refractivity contribution is 5.86. The Bertz CT molecular complexity index is 453.